The van der Waals surface area contributed by atoms with Gasteiger partial charge in [-0.2, -0.15) is 0 Å². The largest absolute Gasteiger partial charge is 0.489 e. The molecule has 1 unspecified atom stereocenters. The van der Waals surface area contributed by atoms with E-state index in [1.165, 1.54) is 0 Å². The molecule has 1 heterocycles. The van der Waals surface area contributed by atoms with Crippen molar-refractivity contribution in [2.75, 3.05) is 30.0 Å². The molecule has 2 rings (SSSR count). The molecule has 0 saturated carbocycles. The van der Waals surface area contributed by atoms with Gasteiger partial charge < -0.3 is 15.4 Å². The minimum atomic E-state index is -2.92. The Balaban J connectivity index is 1.81. The molecule has 23 heavy (non-hydrogen) atoms. The molecule has 0 bridgehead atoms. The maximum atomic E-state index is 11.9. The minimum absolute atomic E-state index is 0.00372. The monoisotopic (exact) mass is 338 g/mol. The summed E-state index contributed by atoms with van der Waals surface area (Å²) in [5.74, 6) is 1.00. The van der Waals surface area contributed by atoms with Gasteiger partial charge in [-0.05, 0) is 37.0 Å². The number of amides is 2. The normalized spacial score (nSPS) is 19.1. The van der Waals surface area contributed by atoms with Crippen molar-refractivity contribution in [3.8, 4) is 5.75 Å². The van der Waals surface area contributed by atoms with Crippen molar-refractivity contribution in [1.82, 2.24) is 5.32 Å². The zero-order valence-corrected chi connectivity index (χ0v) is 14.0. The molecule has 1 aromatic carbocycles. The fourth-order valence-electron chi connectivity index (χ4n) is 2.32. The average molecular weight is 338 g/mol. The van der Waals surface area contributed by atoms with Gasteiger partial charge in [0.25, 0.3) is 0 Å². The standard InChI is InChI=1S/C16H22N2O4S/c1-12(2)10-22-15-5-3-4-14(8-15)18-16(19)17-9-13-6-7-23(20,21)11-13/h3-5,8,13H,1,6-7,9-11H2,2H3,(H2,17,18,19). The molecule has 0 aliphatic carbocycles. The van der Waals surface area contributed by atoms with Gasteiger partial charge in [0, 0.05) is 18.3 Å². The highest BCUT2D eigenvalue weighted by Gasteiger charge is 2.27. The lowest BCUT2D eigenvalue weighted by Crippen LogP contribution is -2.33. The zero-order chi connectivity index (χ0) is 16.9. The van der Waals surface area contributed by atoms with Crippen LogP contribution in [-0.2, 0) is 9.84 Å². The highest BCUT2D eigenvalue weighted by molar-refractivity contribution is 7.91. The van der Waals surface area contributed by atoms with Crippen molar-refractivity contribution in [3.63, 3.8) is 0 Å². The number of carbonyl (C=O) groups excluding carboxylic acids is 1. The molecule has 1 aliphatic rings. The SMILES string of the molecule is C=C(C)COc1cccc(NC(=O)NCC2CCS(=O)(=O)C2)c1. The number of hydrogen-bond donors (Lipinski definition) is 2. The number of sulfone groups is 1. The number of rotatable bonds is 6. The lowest BCUT2D eigenvalue weighted by molar-refractivity contribution is 0.250. The zero-order valence-electron chi connectivity index (χ0n) is 13.2. The van der Waals surface area contributed by atoms with Crippen LogP contribution in [0.3, 0.4) is 0 Å². The van der Waals surface area contributed by atoms with Crippen LogP contribution in [0.1, 0.15) is 13.3 Å². The van der Waals surface area contributed by atoms with Crippen molar-refractivity contribution in [2.24, 2.45) is 5.92 Å². The summed E-state index contributed by atoms with van der Waals surface area (Å²) in [6, 6.07) is 6.71. The Kier molecular flexibility index (Phi) is 5.65. The van der Waals surface area contributed by atoms with Crippen molar-refractivity contribution in [3.05, 3.63) is 36.4 Å². The number of ether oxygens (including phenoxy) is 1. The molecular formula is C16H22N2O4S. The summed E-state index contributed by atoms with van der Waals surface area (Å²) in [5.41, 5.74) is 1.52. The molecule has 2 N–H and O–H groups in total. The van der Waals surface area contributed by atoms with E-state index in [4.69, 9.17) is 4.74 Å². The first-order valence-electron chi connectivity index (χ1n) is 7.46. The van der Waals surface area contributed by atoms with Crippen LogP contribution in [-0.4, -0.2) is 39.1 Å². The molecule has 1 saturated heterocycles. The summed E-state index contributed by atoms with van der Waals surface area (Å²) < 4.78 is 28.3. The Morgan fingerprint density at radius 3 is 2.87 bits per heavy atom. The fraction of sp³-hybridized carbons (Fsp3) is 0.438. The molecule has 0 spiro atoms. The number of anilines is 1. The first-order valence-corrected chi connectivity index (χ1v) is 9.29. The molecule has 1 fully saturated rings. The summed E-state index contributed by atoms with van der Waals surface area (Å²) in [4.78, 5) is 11.9. The van der Waals surface area contributed by atoms with Gasteiger partial charge >= 0.3 is 6.03 Å². The average Bonchev–Trinajstić information content (AvgIpc) is 2.83. The molecular weight excluding hydrogens is 316 g/mol. The van der Waals surface area contributed by atoms with E-state index in [2.05, 4.69) is 17.2 Å². The van der Waals surface area contributed by atoms with Crippen molar-refractivity contribution in [2.45, 2.75) is 13.3 Å². The first kappa shape index (κ1) is 17.3. The van der Waals surface area contributed by atoms with E-state index in [9.17, 15) is 13.2 Å². The second-order valence-electron chi connectivity index (χ2n) is 5.88. The van der Waals surface area contributed by atoms with Gasteiger partial charge in [-0.25, -0.2) is 13.2 Å². The summed E-state index contributed by atoms with van der Waals surface area (Å²) in [7, 11) is -2.92. The Labute approximate surface area is 136 Å². The second-order valence-corrected chi connectivity index (χ2v) is 8.11. The Bertz CT molecular complexity index is 685. The molecule has 6 nitrogen and oxygen atoms in total. The summed E-state index contributed by atoms with van der Waals surface area (Å²) >= 11 is 0. The number of benzene rings is 1. The van der Waals surface area contributed by atoms with E-state index in [1.54, 1.807) is 24.3 Å². The lowest BCUT2D eigenvalue weighted by Gasteiger charge is -2.12. The highest BCUT2D eigenvalue weighted by Crippen LogP contribution is 2.19. The summed E-state index contributed by atoms with van der Waals surface area (Å²) in [6.45, 7) is 6.42. The molecule has 7 heteroatoms. The van der Waals surface area contributed by atoms with Crippen LogP contribution >= 0.6 is 0 Å². The highest BCUT2D eigenvalue weighted by atomic mass is 32.2. The van der Waals surface area contributed by atoms with Gasteiger partial charge in [-0.15, -0.1) is 0 Å². The van der Waals surface area contributed by atoms with Crippen LogP contribution in [0.2, 0.25) is 0 Å². The third kappa shape index (κ3) is 5.94. The van der Waals surface area contributed by atoms with E-state index < -0.39 is 9.84 Å². The third-order valence-corrected chi connectivity index (χ3v) is 5.29. The molecule has 0 radical (unpaired) electrons. The fourth-order valence-corrected chi connectivity index (χ4v) is 4.18. The Morgan fingerprint density at radius 2 is 2.22 bits per heavy atom. The van der Waals surface area contributed by atoms with Gasteiger partial charge in [-0.3, -0.25) is 0 Å². The van der Waals surface area contributed by atoms with Gasteiger partial charge in [0.1, 0.15) is 12.4 Å². The maximum absolute atomic E-state index is 11.9. The van der Waals surface area contributed by atoms with Gasteiger partial charge in [0.2, 0.25) is 0 Å². The quantitative estimate of drug-likeness (QED) is 0.779. The van der Waals surface area contributed by atoms with Crippen LogP contribution < -0.4 is 15.4 Å². The van der Waals surface area contributed by atoms with E-state index in [1.807, 2.05) is 6.92 Å². The molecule has 1 aliphatic heterocycles. The van der Waals surface area contributed by atoms with Gasteiger partial charge in [0.05, 0.1) is 11.5 Å². The minimum Gasteiger partial charge on any atom is -0.489 e. The van der Waals surface area contributed by atoms with E-state index in [-0.39, 0.29) is 23.5 Å². The van der Waals surface area contributed by atoms with E-state index in [0.29, 0.717) is 31.0 Å². The van der Waals surface area contributed by atoms with Crippen LogP contribution in [0.25, 0.3) is 0 Å². The lowest BCUT2D eigenvalue weighted by atomic mass is 10.1. The molecule has 2 amide bonds. The van der Waals surface area contributed by atoms with Crippen LogP contribution in [0.15, 0.2) is 36.4 Å². The molecule has 0 aromatic heterocycles. The van der Waals surface area contributed by atoms with Crippen molar-refractivity contribution < 1.29 is 17.9 Å². The van der Waals surface area contributed by atoms with Crippen molar-refractivity contribution >= 4 is 21.6 Å². The summed E-state index contributed by atoms with van der Waals surface area (Å²) in [5, 5.41) is 5.42. The van der Waals surface area contributed by atoms with E-state index >= 15 is 0 Å². The maximum Gasteiger partial charge on any atom is 0.319 e. The first-order chi connectivity index (χ1) is 10.8. The number of carbonyl (C=O) groups is 1. The molecule has 1 atom stereocenters. The smallest absolute Gasteiger partial charge is 0.319 e. The van der Waals surface area contributed by atoms with Gasteiger partial charge in [0.15, 0.2) is 9.84 Å². The molecule has 126 valence electrons. The van der Waals surface area contributed by atoms with Gasteiger partial charge in [-0.1, -0.05) is 12.6 Å². The second kappa shape index (κ2) is 7.50. The topological polar surface area (TPSA) is 84.5 Å². The van der Waals surface area contributed by atoms with Crippen LogP contribution in [0.5, 0.6) is 5.75 Å². The Morgan fingerprint density at radius 1 is 1.43 bits per heavy atom. The molecule has 1 aromatic rings. The number of hydrogen-bond acceptors (Lipinski definition) is 4. The Hall–Kier alpha value is -2.02. The van der Waals surface area contributed by atoms with E-state index in [0.717, 1.165) is 5.57 Å². The number of nitrogens with one attached hydrogen (secondary N) is 2. The number of urea groups is 1. The predicted octanol–water partition coefficient (Wildman–Crippen LogP) is 2.20. The predicted molar refractivity (Wildman–Crippen MR) is 90.5 cm³/mol. The van der Waals surface area contributed by atoms with Crippen LogP contribution in [0, 0.1) is 5.92 Å². The third-order valence-electron chi connectivity index (χ3n) is 3.46. The summed E-state index contributed by atoms with van der Waals surface area (Å²) in [6.07, 6.45) is 0.604. The van der Waals surface area contributed by atoms with Crippen LogP contribution in [0.4, 0.5) is 10.5 Å². The van der Waals surface area contributed by atoms with Crippen molar-refractivity contribution in [1.29, 1.82) is 0 Å².